The Kier molecular flexibility index (Phi) is 9.83. The summed E-state index contributed by atoms with van der Waals surface area (Å²) in [4.78, 5) is 25.8. The summed E-state index contributed by atoms with van der Waals surface area (Å²) in [5, 5.41) is 18.8. The first-order chi connectivity index (χ1) is 17.7. The van der Waals surface area contributed by atoms with Gasteiger partial charge in [0, 0.05) is 25.4 Å². The minimum atomic E-state index is -1.56. The van der Waals surface area contributed by atoms with Crippen molar-refractivity contribution in [3.8, 4) is 23.5 Å². The SMILES string of the molecule is COc1nc(NCCCNCCO)nc(OC)c1NC(=O)c1ccc(Oc2cncc([Si](C)(C)C)c2)o1. The van der Waals surface area contributed by atoms with Crippen LogP contribution < -0.4 is 35.3 Å². The van der Waals surface area contributed by atoms with Crippen LogP contribution in [0.5, 0.6) is 23.5 Å². The topological polar surface area (TPSA) is 153 Å². The summed E-state index contributed by atoms with van der Waals surface area (Å²) in [5.74, 6) is 0.687. The van der Waals surface area contributed by atoms with Crippen molar-refractivity contribution in [2.45, 2.75) is 26.1 Å². The summed E-state index contributed by atoms with van der Waals surface area (Å²) in [6, 6.07) is 5.00. The van der Waals surface area contributed by atoms with Crippen LogP contribution in [0, 0.1) is 0 Å². The molecule has 3 aromatic heterocycles. The lowest BCUT2D eigenvalue weighted by atomic mass is 10.4. The van der Waals surface area contributed by atoms with E-state index in [1.807, 2.05) is 12.3 Å². The first kappa shape index (κ1) is 27.9. The second-order valence-electron chi connectivity index (χ2n) is 9.03. The van der Waals surface area contributed by atoms with E-state index in [9.17, 15) is 4.79 Å². The number of methoxy groups -OCH3 is 2. The minimum absolute atomic E-state index is 0.0194. The number of carbonyl (C=O) groups is 1. The highest BCUT2D eigenvalue weighted by Crippen LogP contribution is 2.33. The van der Waals surface area contributed by atoms with Crippen LogP contribution in [0.1, 0.15) is 17.0 Å². The Morgan fingerprint density at radius 3 is 2.43 bits per heavy atom. The molecule has 3 aromatic rings. The smallest absolute Gasteiger partial charge is 0.291 e. The van der Waals surface area contributed by atoms with Crippen molar-refractivity contribution in [2.75, 3.05) is 51.1 Å². The average molecular weight is 531 g/mol. The predicted molar refractivity (Wildman–Crippen MR) is 142 cm³/mol. The summed E-state index contributed by atoms with van der Waals surface area (Å²) in [5.41, 5.74) is 0.163. The second-order valence-corrected chi connectivity index (χ2v) is 14.1. The van der Waals surface area contributed by atoms with Crippen LogP contribution in [0.2, 0.25) is 19.6 Å². The van der Waals surface area contributed by atoms with Gasteiger partial charge in [-0.15, -0.1) is 0 Å². The third kappa shape index (κ3) is 7.90. The first-order valence-corrected chi connectivity index (χ1v) is 15.3. The number of aliphatic hydroxyl groups excluding tert-OH is 1. The van der Waals surface area contributed by atoms with Gasteiger partial charge in [0.05, 0.1) is 35.1 Å². The summed E-state index contributed by atoms with van der Waals surface area (Å²) < 4.78 is 22.1. The molecule has 0 saturated heterocycles. The van der Waals surface area contributed by atoms with Crippen LogP contribution >= 0.6 is 0 Å². The molecule has 3 heterocycles. The lowest BCUT2D eigenvalue weighted by Gasteiger charge is -2.16. The zero-order valence-electron chi connectivity index (χ0n) is 21.8. The molecule has 12 nitrogen and oxygen atoms in total. The Labute approximate surface area is 216 Å². The second kappa shape index (κ2) is 13.0. The number of hydrogen-bond acceptors (Lipinski definition) is 11. The van der Waals surface area contributed by atoms with E-state index in [0.717, 1.165) is 18.2 Å². The lowest BCUT2D eigenvalue weighted by molar-refractivity contribution is 0.0990. The number of nitrogens with zero attached hydrogens (tertiary/aromatic N) is 3. The van der Waals surface area contributed by atoms with E-state index in [1.54, 1.807) is 12.3 Å². The predicted octanol–water partition coefficient (Wildman–Crippen LogP) is 2.46. The Morgan fingerprint density at radius 1 is 1.05 bits per heavy atom. The van der Waals surface area contributed by atoms with E-state index in [2.05, 4.69) is 50.5 Å². The van der Waals surface area contributed by atoms with Crippen LogP contribution in [0.15, 0.2) is 35.0 Å². The zero-order chi connectivity index (χ0) is 26.8. The molecule has 0 spiro atoms. The highest BCUT2D eigenvalue weighted by atomic mass is 28.3. The first-order valence-electron chi connectivity index (χ1n) is 11.8. The summed E-state index contributed by atoms with van der Waals surface area (Å²) in [7, 11) is 1.30. The van der Waals surface area contributed by atoms with Gasteiger partial charge >= 0.3 is 0 Å². The highest BCUT2D eigenvalue weighted by Gasteiger charge is 2.22. The molecule has 0 aliphatic heterocycles. The number of aliphatic hydroxyl groups is 1. The van der Waals surface area contributed by atoms with Gasteiger partial charge in [-0.3, -0.25) is 9.78 Å². The maximum atomic E-state index is 12.9. The van der Waals surface area contributed by atoms with Gasteiger partial charge in [-0.2, -0.15) is 9.97 Å². The van der Waals surface area contributed by atoms with Crippen molar-refractivity contribution in [1.82, 2.24) is 20.3 Å². The zero-order valence-corrected chi connectivity index (χ0v) is 22.8. The van der Waals surface area contributed by atoms with Gasteiger partial charge in [-0.25, -0.2) is 0 Å². The number of ether oxygens (including phenoxy) is 3. The van der Waals surface area contributed by atoms with Gasteiger partial charge in [0.25, 0.3) is 11.9 Å². The molecule has 0 aliphatic carbocycles. The number of amides is 1. The summed E-state index contributed by atoms with van der Waals surface area (Å²) in [6.07, 6.45) is 4.23. The number of pyridine rings is 1. The number of anilines is 2. The number of hydrogen-bond donors (Lipinski definition) is 4. The molecule has 200 valence electrons. The van der Waals surface area contributed by atoms with Gasteiger partial charge in [-0.05, 0) is 30.3 Å². The maximum absolute atomic E-state index is 12.9. The van der Waals surface area contributed by atoms with Crippen molar-refractivity contribution < 1.29 is 28.5 Å². The number of nitrogens with one attached hydrogen (secondary N) is 3. The quantitative estimate of drug-likeness (QED) is 0.180. The Bertz CT molecular complexity index is 1160. The van der Waals surface area contributed by atoms with Crippen LogP contribution in [-0.2, 0) is 0 Å². The largest absolute Gasteiger partial charge is 0.479 e. The number of aromatic nitrogens is 3. The fourth-order valence-corrected chi connectivity index (χ4v) is 4.23. The molecular weight excluding hydrogens is 496 g/mol. The average Bonchev–Trinajstić information content (AvgIpc) is 3.34. The third-order valence-corrected chi connectivity index (χ3v) is 7.18. The molecule has 0 bridgehead atoms. The maximum Gasteiger partial charge on any atom is 0.291 e. The van der Waals surface area contributed by atoms with Crippen LogP contribution in [0.3, 0.4) is 0 Å². The molecular formula is C24H34N6O6Si. The molecule has 37 heavy (non-hydrogen) atoms. The summed E-state index contributed by atoms with van der Waals surface area (Å²) in [6.45, 7) is 8.60. The van der Waals surface area contributed by atoms with E-state index >= 15 is 0 Å². The highest BCUT2D eigenvalue weighted by molar-refractivity contribution is 6.88. The molecule has 0 aliphatic rings. The van der Waals surface area contributed by atoms with Crippen molar-refractivity contribution >= 4 is 30.8 Å². The van der Waals surface area contributed by atoms with Crippen molar-refractivity contribution in [3.05, 3.63) is 36.4 Å². The number of rotatable bonds is 14. The number of carbonyl (C=O) groups excluding carboxylic acids is 1. The Morgan fingerprint density at radius 2 is 1.78 bits per heavy atom. The minimum Gasteiger partial charge on any atom is -0.479 e. The van der Waals surface area contributed by atoms with Crippen molar-refractivity contribution in [2.24, 2.45) is 0 Å². The van der Waals surface area contributed by atoms with Crippen LogP contribution in [-0.4, -0.2) is 74.5 Å². The molecule has 0 aromatic carbocycles. The lowest BCUT2D eigenvalue weighted by Crippen LogP contribution is -2.37. The molecule has 1 amide bonds. The van der Waals surface area contributed by atoms with E-state index < -0.39 is 14.0 Å². The molecule has 3 rings (SSSR count). The molecule has 0 fully saturated rings. The van der Waals surface area contributed by atoms with E-state index in [-0.39, 0.29) is 41.7 Å². The van der Waals surface area contributed by atoms with Crippen LogP contribution in [0.25, 0.3) is 0 Å². The van der Waals surface area contributed by atoms with Gasteiger partial charge in [-0.1, -0.05) is 19.6 Å². The molecule has 0 unspecified atom stereocenters. The summed E-state index contributed by atoms with van der Waals surface area (Å²) >= 11 is 0. The van der Waals surface area contributed by atoms with Crippen molar-refractivity contribution in [3.63, 3.8) is 0 Å². The van der Waals surface area contributed by atoms with Crippen LogP contribution in [0.4, 0.5) is 11.6 Å². The molecule has 0 radical (unpaired) electrons. The third-order valence-electron chi connectivity index (χ3n) is 5.17. The fraction of sp³-hybridized carbons (Fsp3) is 0.417. The molecule has 0 saturated carbocycles. The molecule has 13 heteroatoms. The fourth-order valence-electron chi connectivity index (χ4n) is 3.19. The van der Waals surface area contributed by atoms with Gasteiger partial charge in [0.2, 0.25) is 17.7 Å². The van der Waals surface area contributed by atoms with E-state index in [1.165, 1.54) is 20.3 Å². The Balaban J connectivity index is 1.68. The number of furan rings is 1. The van der Waals surface area contributed by atoms with E-state index in [4.69, 9.17) is 23.7 Å². The Hall–Kier alpha value is -3.68. The van der Waals surface area contributed by atoms with Gasteiger partial charge in [0.15, 0.2) is 11.4 Å². The normalized spacial score (nSPS) is 11.2. The van der Waals surface area contributed by atoms with Gasteiger partial charge in [0.1, 0.15) is 5.75 Å². The molecule has 4 N–H and O–H groups in total. The van der Waals surface area contributed by atoms with Crippen molar-refractivity contribution in [1.29, 1.82) is 0 Å². The monoisotopic (exact) mass is 530 g/mol. The molecule has 0 atom stereocenters. The van der Waals surface area contributed by atoms with E-state index in [0.29, 0.717) is 18.8 Å². The standard InChI is InChI=1S/C24H34N6O6Si/c1-33-22-20(23(34-2)30-24(29-22)27-10-6-9-25-11-12-31)28-21(32)18-7-8-19(36-18)35-16-13-17(15-26-14-16)37(3,4)5/h7-8,13-15,25,31H,6,9-12H2,1-5H3,(H,28,32)(H,27,29,30). The van der Waals surface area contributed by atoms with Gasteiger partial charge < -0.3 is 39.7 Å².